The first-order valence-corrected chi connectivity index (χ1v) is 6.19. The molecule has 8 nitrogen and oxygen atoms in total. The van der Waals surface area contributed by atoms with Crippen LogP contribution in [0, 0.1) is 22.4 Å². The van der Waals surface area contributed by atoms with Crippen LogP contribution in [0.5, 0.6) is 11.6 Å². The fourth-order valence-electron chi connectivity index (χ4n) is 1.90. The Balaban J connectivity index is 2.59. The zero-order chi connectivity index (χ0) is 15.7. The maximum atomic E-state index is 11.1. The van der Waals surface area contributed by atoms with Crippen molar-refractivity contribution in [2.45, 2.75) is 6.92 Å². The SMILES string of the molecule is Cc1nn(C)c(Oc2c(Cl)cccc2[N+](=O)[O-])c1C(=N)N. The second kappa shape index (κ2) is 5.41. The molecule has 110 valence electrons. The highest BCUT2D eigenvalue weighted by Crippen LogP contribution is 2.38. The minimum absolute atomic E-state index is 0.0811. The monoisotopic (exact) mass is 309 g/mol. The first kappa shape index (κ1) is 14.8. The van der Waals surface area contributed by atoms with E-state index in [1.54, 1.807) is 14.0 Å². The molecule has 0 saturated carbocycles. The molecule has 0 atom stereocenters. The van der Waals surface area contributed by atoms with Gasteiger partial charge in [0.1, 0.15) is 11.4 Å². The highest BCUT2D eigenvalue weighted by Gasteiger charge is 2.24. The number of nitro groups is 1. The highest BCUT2D eigenvalue weighted by atomic mass is 35.5. The molecular weight excluding hydrogens is 298 g/mol. The number of ether oxygens (including phenoxy) is 1. The van der Waals surface area contributed by atoms with E-state index < -0.39 is 4.92 Å². The van der Waals surface area contributed by atoms with Crippen molar-refractivity contribution in [1.29, 1.82) is 5.41 Å². The Kier molecular flexibility index (Phi) is 3.81. The molecule has 0 radical (unpaired) electrons. The number of aromatic nitrogens is 2. The summed E-state index contributed by atoms with van der Waals surface area (Å²) in [5.41, 5.74) is 5.97. The molecule has 2 rings (SSSR count). The molecule has 1 aromatic heterocycles. The van der Waals surface area contributed by atoms with Gasteiger partial charge in [0.25, 0.3) is 0 Å². The second-order valence-corrected chi connectivity index (χ2v) is 4.66. The van der Waals surface area contributed by atoms with Gasteiger partial charge in [-0.05, 0) is 13.0 Å². The molecule has 0 aliphatic carbocycles. The lowest BCUT2D eigenvalue weighted by molar-refractivity contribution is -0.385. The van der Waals surface area contributed by atoms with Crippen molar-refractivity contribution in [3.63, 3.8) is 0 Å². The third-order valence-electron chi connectivity index (χ3n) is 2.78. The molecule has 0 spiro atoms. The number of nitrogen functional groups attached to an aromatic ring is 1. The van der Waals surface area contributed by atoms with Crippen molar-refractivity contribution in [3.8, 4) is 11.6 Å². The molecule has 21 heavy (non-hydrogen) atoms. The van der Waals surface area contributed by atoms with Crippen LogP contribution in [0.3, 0.4) is 0 Å². The van der Waals surface area contributed by atoms with E-state index in [0.29, 0.717) is 5.69 Å². The Bertz CT molecular complexity index is 741. The molecule has 0 aliphatic rings. The number of hydrogen-bond acceptors (Lipinski definition) is 5. The minimum atomic E-state index is -0.599. The summed E-state index contributed by atoms with van der Waals surface area (Å²) >= 11 is 5.97. The van der Waals surface area contributed by atoms with Gasteiger partial charge in [0.15, 0.2) is 0 Å². The van der Waals surface area contributed by atoms with Gasteiger partial charge in [-0.2, -0.15) is 5.10 Å². The summed E-state index contributed by atoms with van der Waals surface area (Å²) in [6.45, 7) is 1.66. The number of aryl methyl sites for hydroxylation is 2. The van der Waals surface area contributed by atoms with E-state index in [4.69, 9.17) is 27.5 Å². The van der Waals surface area contributed by atoms with E-state index in [0.717, 1.165) is 0 Å². The fourth-order valence-corrected chi connectivity index (χ4v) is 2.11. The van der Waals surface area contributed by atoms with Crippen molar-refractivity contribution in [2.75, 3.05) is 0 Å². The van der Waals surface area contributed by atoms with E-state index >= 15 is 0 Å². The molecule has 0 amide bonds. The lowest BCUT2D eigenvalue weighted by atomic mass is 10.2. The van der Waals surface area contributed by atoms with Crippen molar-refractivity contribution < 1.29 is 9.66 Å². The summed E-state index contributed by atoms with van der Waals surface area (Å²) in [4.78, 5) is 10.5. The Morgan fingerprint density at radius 3 is 2.81 bits per heavy atom. The summed E-state index contributed by atoms with van der Waals surface area (Å²) in [6.07, 6.45) is 0. The van der Waals surface area contributed by atoms with Gasteiger partial charge in [0.05, 0.1) is 15.6 Å². The lowest BCUT2D eigenvalue weighted by Crippen LogP contribution is -2.13. The number of nitrogens with one attached hydrogen (secondary N) is 1. The predicted octanol–water partition coefficient (Wildman–Crippen LogP) is 2.37. The van der Waals surface area contributed by atoms with Gasteiger partial charge in [-0.15, -0.1) is 0 Å². The normalized spacial score (nSPS) is 10.4. The van der Waals surface area contributed by atoms with Gasteiger partial charge in [-0.1, -0.05) is 17.7 Å². The number of benzene rings is 1. The summed E-state index contributed by atoms with van der Waals surface area (Å²) < 4.78 is 6.90. The summed E-state index contributed by atoms with van der Waals surface area (Å²) in [7, 11) is 1.58. The zero-order valence-corrected chi connectivity index (χ0v) is 12.0. The number of nitro benzene ring substituents is 1. The molecule has 0 aliphatic heterocycles. The molecule has 0 fully saturated rings. The zero-order valence-electron chi connectivity index (χ0n) is 11.3. The van der Waals surface area contributed by atoms with Gasteiger partial charge in [-0.25, -0.2) is 4.68 Å². The number of nitrogens with two attached hydrogens (primary N) is 1. The standard InChI is InChI=1S/C12H12ClN5O3/c1-6-9(11(14)15)12(17(2)16-6)21-10-7(13)4-3-5-8(10)18(19)20/h3-5H,1-2H3,(H3,14,15). The van der Waals surface area contributed by atoms with E-state index in [2.05, 4.69) is 5.10 Å². The van der Waals surface area contributed by atoms with Crippen LogP contribution in [0.25, 0.3) is 0 Å². The average Bonchev–Trinajstić information content (AvgIpc) is 2.66. The number of rotatable bonds is 4. The number of amidine groups is 1. The Morgan fingerprint density at radius 2 is 2.24 bits per heavy atom. The Labute approximate surface area is 124 Å². The van der Waals surface area contributed by atoms with Crippen LogP contribution in [0.1, 0.15) is 11.3 Å². The first-order valence-electron chi connectivity index (χ1n) is 5.81. The van der Waals surface area contributed by atoms with E-state index in [9.17, 15) is 10.1 Å². The number of para-hydroxylation sites is 1. The van der Waals surface area contributed by atoms with Crippen LogP contribution < -0.4 is 10.5 Å². The van der Waals surface area contributed by atoms with Crippen molar-refractivity contribution in [3.05, 3.63) is 44.6 Å². The van der Waals surface area contributed by atoms with Crippen LogP contribution in [-0.4, -0.2) is 20.5 Å². The van der Waals surface area contributed by atoms with Crippen molar-refractivity contribution in [1.82, 2.24) is 9.78 Å². The van der Waals surface area contributed by atoms with Crippen LogP contribution in [0.2, 0.25) is 5.02 Å². The topological polar surface area (TPSA) is 120 Å². The largest absolute Gasteiger partial charge is 0.430 e. The smallest absolute Gasteiger partial charge is 0.313 e. The van der Waals surface area contributed by atoms with Crippen LogP contribution >= 0.6 is 11.6 Å². The van der Waals surface area contributed by atoms with E-state index in [1.165, 1.54) is 22.9 Å². The van der Waals surface area contributed by atoms with Gasteiger partial charge in [-0.3, -0.25) is 15.5 Å². The van der Waals surface area contributed by atoms with Gasteiger partial charge in [0.2, 0.25) is 11.6 Å². The molecular formula is C12H12ClN5O3. The van der Waals surface area contributed by atoms with Crippen LogP contribution in [0.4, 0.5) is 5.69 Å². The predicted molar refractivity (Wildman–Crippen MR) is 77.1 cm³/mol. The van der Waals surface area contributed by atoms with E-state index in [-0.39, 0.29) is 33.7 Å². The molecule has 1 aromatic carbocycles. The molecule has 0 saturated heterocycles. The van der Waals surface area contributed by atoms with Crippen molar-refractivity contribution >= 4 is 23.1 Å². The third kappa shape index (κ3) is 2.65. The van der Waals surface area contributed by atoms with Gasteiger partial charge in [0, 0.05) is 13.1 Å². The maximum absolute atomic E-state index is 11.1. The summed E-state index contributed by atoms with van der Waals surface area (Å²) in [5, 5.41) is 22.8. The van der Waals surface area contributed by atoms with Gasteiger partial charge < -0.3 is 10.5 Å². The molecule has 1 heterocycles. The minimum Gasteiger partial charge on any atom is -0.430 e. The van der Waals surface area contributed by atoms with Crippen LogP contribution in [-0.2, 0) is 7.05 Å². The number of halogens is 1. The first-order chi connectivity index (χ1) is 9.82. The fraction of sp³-hybridized carbons (Fsp3) is 0.167. The summed E-state index contributed by atoms with van der Waals surface area (Å²) in [5.74, 6) is -0.240. The maximum Gasteiger partial charge on any atom is 0.313 e. The second-order valence-electron chi connectivity index (χ2n) is 4.25. The summed E-state index contributed by atoms with van der Waals surface area (Å²) in [6, 6.07) is 4.20. The molecule has 0 unspecified atom stereocenters. The molecule has 2 aromatic rings. The molecule has 3 N–H and O–H groups in total. The molecule has 9 heteroatoms. The molecule has 0 bridgehead atoms. The number of nitrogens with zero attached hydrogens (tertiary/aromatic N) is 3. The van der Waals surface area contributed by atoms with Crippen LogP contribution in [0.15, 0.2) is 18.2 Å². The van der Waals surface area contributed by atoms with Gasteiger partial charge >= 0.3 is 5.69 Å². The Morgan fingerprint density at radius 1 is 1.57 bits per heavy atom. The average molecular weight is 310 g/mol. The Hall–Kier alpha value is -2.61. The lowest BCUT2D eigenvalue weighted by Gasteiger charge is -2.09. The highest BCUT2D eigenvalue weighted by molar-refractivity contribution is 6.32. The van der Waals surface area contributed by atoms with Crippen molar-refractivity contribution in [2.24, 2.45) is 12.8 Å². The quantitative estimate of drug-likeness (QED) is 0.389. The third-order valence-corrected chi connectivity index (χ3v) is 3.08. The number of hydrogen-bond donors (Lipinski definition) is 2. The van der Waals surface area contributed by atoms with E-state index in [1.807, 2.05) is 0 Å².